The summed E-state index contributed by atoms with van der Waals surface area (Å²) in [4.78, 5) is 18.4. The summed E-state index contributed by atoms with van der Waals surface area (Å²) in [5.74, 6) is 0.559. The molecule has 1 saturated heterocycles. The van der Waals surface area contributed by atoms with Gasteiger partial charge in [-0.2, -0.15) is 0 Å². The third-order valence-electron chi connectivity index (χ3n) is 6.73. The van der Waals surface area contributed by atoms with Crippen LogP contribution in [0.1, 0.15) is 36.3 Å². The molecule has 0 bridgehead atoms. The predicted octanol–water partition coefficient (Wildman–Crippen LogP) is 6.02. The highest BCUT2D eigenvalue weighted by atomic mass is 19.1. The number of rotatable bonds is 5. The number of aromatic nitrogens is 1. The van der Waals surface area contributed by atoms with Crippen LogP contribution in [-0.2, 0) is 11.2 Å². The van der Waals surface area contributed by atoms with Crippen molar-refractivity contribution in [3.63, 3.8) is 0 Å². The van der Waals surface area contributed by atoms with Crippen LogP contribution >= 0.6 is 0 Å². The van der Waals surface area contributed by atoms with E-state index in [0.29, 0.717) is 18.8 Å². The van der Waals surface area contributed by atoms with E-state index in [4.69, 9.17) is 0 Å². The van der Waals surface area contributed by atoms with Crippen LogP contribution < -0.4 is 0 Å². The van der Waals surface area contributed by atoms with E-state index in [0.717, 1.165) is 53.7 Å². The average molecular weight is 443 g/mol. The van der Waals surface area contributed by atoms with Gasteiger partial charge in [0.15, 0.2) is 0 Å². The minimum atomic E-state index is -0.273. The van der Waals surface area contributed by atoms with Crippen LogP contribution in [0.25, 0.3) is 22.2 Å². The van der Waals surface area contributed by atoms with Crippen molar-refractivity contribution >= 4 is 16.8 Å². The number of hydrogen-bond acceptors (Lipinski definition) is 2. The highest BCUT2D eigenvalue weighted by Crippen LogP contribution is 2.33. The lowest BCUT2D eigenvalue weighted by atomic mass is 9.89. The lowest BCUT2D eigenvalue weighted by Crippen LogP contribution is -2.38. The smallest absolute Gasteiger partial charge is 0.222 e. The van der Waals surface area contributed by atoms with E-state index in [9.17, 15) is 14.3 Å². The molecule has 1 amide bonds. The van der Waals surface area contributed by atoms with Crippen LogP contribution in [0.5, 0.6) is 5.75 Å². The Labute approximate surface area is 192 Å². The van der Waals surface area contributed by atoms with Crippen molar-refractivity contribution in [2.45, 2.75) is 31.6 Å². The number of piperidine rings is 1. The number of aromatic amines is 1. The van der Waals surface area contributed by atoms with Crippen molar-refractivity contribution in [1.29, 1.82) is 0 Å². The number of carbonyl (C=O) groups excluding carboxylic acids is 1. The zero-order chi connectivity index (χ0) is 22.8. The number of benzene rings is 3. The van der Waals surface area contributed by atoms with E-state index >= 15 is 0 Å². The molecule has 168 valence electrons. The first-order valence-corrected chi connectivity index (χ1v) is 11.5. The molecule has 2 heterocycles. The second-order valence-electron chi connectivity index (χ2n) is 8.78. The van der Waals surface area contributed by atoms with Gasteiger partial charge < -0.3 is 15.0 Å². The Morgan fingerprint density at radius 2 is 1.73 bits per heavy atom. The van der Waals surface area contributed by atoms with Crippen LogP contribution in [0.3, 0.4) is 0 Å². The van der Waals surface area contributed by atoms with Crippen LogP contribution in [-0.4, -0.2) is 34.0 Å². The summed E-state index contributed by atoms with van der Waals surface area (Å²) in [6.07, 6.45) is 2.80. The number of nitrogens with zero attached hydrogens (tertiary/aromatic N) is 1. The number of aromatic hydroxyl groups is 1. The predicted molar refractivity (Wildman–Crippen MR) is 129 cm³/mol. The molecule has 0 radical (unpaired) electrons. The van der Waals surface area contributed by atoms with E-state index in [1.54, 1.807) is 24.3 Å². The van der Waals surface area contributed by atoms with Crippen molar-refractivity contribution in [3.8, 4) is 17.0 Å². The highest BCUT2D eigenvalue weighted by Gasteiger charge is 2.24. The zero-order valence-electron chi connectivity index (χ0n) is 18.4. The molecule has 0 unspecified atom stereocenters. The molecule has 1 fully saturated rings. The lowest BCUT2D eigenvalue weighted by molar-refractivity contribution is -0.132. The van der Waals surface area contributed by atoms with Gasteiger partial charge in [-0.05, 0) is 72.2 Å². The molecular weight excluding hydrogens is 415 g/mol. The Bertz CT molecular complexity index is 1260. The lowest BCUT2D eigenvalue weighted by Gasteiger charge is -2.32. The number of halogens is 1. The van der Waals surface area contributed by atoms with Gasteiger partial charge in [-0.15, -0.1) is 0 Å². The molecular formula is C28H27FN2O2. The molecule has 0 aliphatic carbocycles. The van der Waals surface area contributed by atoms with Gasteiger partial charge in [0.25, 0.3) is 0 Å². The number of likely N-dealkylation sites (tertiary alicyclic amines) is 1. The molecule has 4 nitrogen and oxygen atoms in total. The number of amides is 1. The first-order valence-electron chi connectivity index (χ1n) is 11.5. The summed E-state index contributed by atoms with van der Waals surface area (Å²) in [5, 5.41) is 10.3. The first kappa shape index (κ1) is 21.3. The van der Waals surface area contributed by atoms with Crippen LogP contribution in [0.2, 0.25) is 0 Å². The molecule has 3 aromatic carbocycles. The fourth-order valence-electron chi connectivity index (χ4n) is 4.93. The number of H-pyrrole nitrogens is 1. The van der Waals surface area contributed by atoms with Crippen LogP contribution in [0.15, 0.2) is 72.8 Å². The summed E-state index contributed by atoms with van der Waals surface area (Å²) in [7, 11) is 0. The third-order valence-corrected chi connectivity index (χ3v) is 6.73. The van der Waals surface area contributed by atoms with E-state index in [-0.39, 0.29) is 17.5 Å². The van der Waals surface area contributed by atoms with Gasteiger partial charge in [-0.1, -0.05) is 42.5 Å². The van der Waals surface area contributed by atoms with Gasteiger partial charge in [0, 0.05) is 36.1 Å². The number of fused-ring (bicyclic) bond motifs is 1. The Kier molecular flexibility index (Phi) is 5.86. The van der Waals surface area contributed by atoms with Crippen molar-refractivity contribution in [2.75, 3.05) is 13.1 Å². The SMILES string of the molecule is O=C(CCc1c(-c2ccccc2)[nH]c2ccc(F)cc12)N1CCC(c2ccc(O)cc2)CC1. The standard InChI is InChI=1S/C28H27FN2O2/c29-22-8-12-26-25(18-22)24(28(30-26)21-4-2-1-3-5-21)11-13-27(33)31-16-14-20(15-17-31)19-6-9-23(32)10-7-19/h1-10,12,18,20,30,32H,11,13-17H2. The van der Waals surface area contributed by atoms with E-state index in [2.05, 4.69) is 4.98 Å². The fourth-order valence-corrected chi connectivity index (χ4v) is 4.93. The summed E-state index contributed by atoms with van der Waals surface area (Å²) >= 11 is 0. The van der Waals surface area contributed by atoms with Gasteiger partial charge >= 0.3 is 0 Å². The summed E-state index contributed by atoms with van der Waals surface area (Å²) in [5.41, 5.74) is 5.07. The largest absolute Gasteiger partial charge is 0.508 e. The molecule has 1 aromatic heterocycles. The van der Waals surface area contributed by atoms with Crippen molar-refractivity contribution in [3.05, 3.63) is 89.7 Å². The van der Waals surface area contributed by atoms with Crippen molar-refractivity contribution in [2.24, 2.45) is 0 Å². The minimum Gasteiger partial charge on any atom is -0.508 e. The maximum absolute atomic E-state index is 14.0. The second-order valence-corrected chi connectivity index (χ2v) is 8.78. The quantitative estimate of drug-likeness (QED) is 0.397. The summed E-state index contributed by atoms with van der Waals surface area (Å²) < 4.78 is 14.0. The summed E-state index contributed by atoms with van der Waals surface area (Å²) in [6, 6.07) is 22.2. The molecule has 1 aliphatic heterocycles. The topological polar surface area (TPSA) is 56.3 Å². The number of carbonyl (C=O) groups is 1. The van der Waals surface area contributed by atoms with Gasteiger partial charge in [0.05, 0.1) is 0 Å². The Balaban J connectivity index is 1.29. The fraction of sp³-hybridized carbons (Fsp3) is 0.250. The van der Waals surface area contributed by atoms with Gasteiger partial charge in [-0.25, -0.2) is 4.39 Å². The van der Waals surface area contributed by atoms with E-state index in [1.807, 2.05) is 47.4 Å². The molecule has 2 N–H and O–H groups in total. The molecule has 5 rings (SSSR count). The Hall–Kier alpha value is -3.60. The normalized spacial score (nSPS) is 14.6. The number of aryl methyl sites for hydroxylation is 1. The molecule has 1 aliphatic rings. The van der Waals surface area contributed by atoms with Gasteiger partial charge in [0.1, 0.15) is 11.6 Å². The second kappa shape index (κ2) is 9.10. The third kappa shape index (κ3) is 4.49. The molecule has 5 heteroatoms. The molecule has 33 heavy (non-hydrogen) atoms. The van der Waals surface area contributed by atoms with Crippen molar-refractivity contribution in [1.82, 2.24) is 9.88 Å². The molecule has 4 aromatic rings. The van der Waals surface area contributed by atoms with Crippen LogP contribution in [0, 0.1) is 5.82 Å². The maximum atomic E-state index is 14.0. The maximum Gasteiger partial charge on any atom is 0.222 e. The zero-order valence-corrected chi connectivity index (χ0v) is 18.4. The van der Waals surface area contributed by atoms with Crippen molar-refractivity contribution < 1.29 is 14.3 Å². The number of hydrogen-bond donors (Lipinski definition) is 2. The average Bonchev–Trinajstić information content (AvgIpc) is 3.21. The number of nitrogens with one attached hydrogen (secondary N) is 1. The number of phenolic OH excluding ortho intramolecular Hbond substituents is 1. The Morgan fingerprint density at radius 1 is 1.00 bits per heavy atom. The number of phenols is 1. The summed E-state index contributed by atoms with van der Waals surface area (Å²) in [6.45, 7) is 1.47. The molecule has 0 saturated carbocycles. The molecule has 0 atom stereocenters. The Morgan fingerprint density at radius 3 is 2.45 bits per heavy atom. The monoisotopic (exact) mass is 442 g/mol. The van der Waals surface area contributed by atoms with E-state index < -0.39 is 0 Å². The minimum absolute atomic E-state index is 0.143. The molecule has 0 spiro atoms. The van der Waals surface area contributed by atoms with Crippen LogP contribution in [0.4, 0.5) is 4.39 Å². The highest BCUT2D eigenvalue weighted by molar-refractivity contribution is 5.91. The van der Waals surface area contributed by atoms with E-state index in [1.165, 1.54) is 11.6 Å². The van der Waals surface area contributed by atoms with Gasteiger partial charge in [0.2, 0.25) is 5.91 Å². The first-order chi connectivity index (χ1) is 16.1. The van der Waals surface area contributed by atoms with Gasteiger partial charge in [-0.3, -0.25) is 4.79 Å².